The number of halogens is 1. The van der Waals surface area contributed by atoms with Crippen molar-refractivity contribution in [3.8, 4) is 17.3 Å². The van der Waals surface area contributed by atoms with Crippen molar-refractivity contribution in [1.82, 2.24) is 4.98 Å². The van der Waals surface area contributed by atoms with Crippen LogP contribution in [0.3, 0.4) is 0 Å². The SMILES string of the molecule is N#C/C(=C\c1cccs1)c1nc(-c2ccc(Br)cc2)c[se]1. The fraction of sp³-hybridized carbons (Fsp3) is 0. The van der Waals surface area contributed by atoms with E-state index in [9.17, 15) is 5.26 Å². The van der Waals surface area contributed by atoms with Crippen LogP contribution in [0, 0.1) is 11.3 Å². The van der Waals surface area contributed by atoms with E-state index in [1.54, 1.807) is 11.3 Å². The van der Waals surface area contributed by atoms with Gasteiger partial charge in [-0.3, -0.25) is 0 Å². The Morgan fingerprint density at radius 3 is 2.76 bits per heavy atom. The predicted molar refractivity (Wildman–Crippen MR) is 92.1 cm³/mol. The van der Waals surface area contributed by atoms with Crippen LogP contribution < -0.4 is 0 Å². The first kappa shape index (κ1) is 14.5. The van der Waals surface area contributed by atoms with E-state index >= 15 is 0 Å². The summed E-state index contributed by atoms with van der Waals surface area (Å²) in [6, 6.07) is 14.3. The summed E-state index contributed by atoms with van der Waals surface area (Å²) in [5.41, 5.74) is 2.72. The molecule has 0 N–H and O–H groups in total. The third-order valence-corrected chi connectivity index (χ3v) is 6.01. The Kier molecular flexibility index (Phi) is 4.52. The van der Waals surface area contributed by atoms with Crippen LogP contribution in [0.15, 0.2) is 51.2 Å². The second-order valence-corrected chi connectivity index (χ2v) is 7.93. The Labute approximate surface area is 141 Å². The van der Waals surface area contributed by atoms with E-state index in [4.69, 9.17) is 0 Å². The van der Waals surface area contributed by atoms with Gasteiger partial charge in [0, 0.05) is 0 Å². The summed E-state index contributed by atoms with van der Waals surface area (Å²) < 4.78 is 1.95. The van der Waals surface area contributed by atoms with E-state index in [1.807, 2.05) is 47.9 Å². The molecule has 0 aliphatic rings. The molecule has 0 spiro atoms. The van der Waals surface area contributed by atoms with Gasteiger partial charge in [-0.15, -0.1) is 0 Å². The van der Waals surface area contributed by atoms with Crippen molar-refractivity contribution in [1.29, 1.82) is 5.26 Å². The van der Waals surface area contributed by atoms with E-state index in [0.29, 0.717) is 5.57 Å². The summed E-state index contributed by atoms with van der Waals surface area (Å²) in [4.78, 5) is 7.86. The number of nitrogens with zero attached hydrogens (tertiary/aromatic N) is 2. The molecule has 0 saturated carbocycles. The second-order valence-electron chi connectivity index (χ2n) is 4.23. The Balaban J connectivity index is 1.94. The van der Waals surface area contributed by atoms with Crippen molar-refractivity contribution in [2.75, 3.05) is 0 Å². The number of nitriles is 1. The Morgan fingerprint density at radius 2 is 2.10 bits per heavy atom. The zero-order chi connectivity index (χ0) is 14.7. The predicted octanol–water partition coefficient (Wildman–Crippen LogP) is 4.69. The summed E-state index contributed by atoms with van der Waals surface area (Å²) >= 11 is 5.17. The molecule has 3 aromatic rings. The molecule has 0 amide bonds. The van der Waals surface area contributed by atoms with Gasteiger partial charge in [0.15, 0.2) is 0 Å². The van der Waals surface area contributed by atoms with Gasteiger partial charge in [0.25, 0.3) is 0 Å². The van der Waals surface area contributed by atoms with Crippen LogP contribution in [-0.2, 0) is 0 Å². The molecular weight excluding hydrogens is 411 g/mol. The average molecular weight is 420 g/mol. The van der Waals surface area contributed by atoms with Crippen LogP contribution in [-0.4, -0.2) is 19.5 Å². The molecule has 0 atom stereocenters. The second kappa shape index (κ2) is 6.55. The van der Waals surface area contributed by atoms with E-state index in [2.05, 4.69) is 31.9 Å². The molecule has 0 aliphatic heterocycles. The number of hydrogen-bond donors (Lipinski definition) is 0. The normalized spacial score (nSPS) is 11.3. The molecule has 0 bridgehead atoms. The number of rotatable bonds is 3. The quantitative estimate of drug-likeness (QED) is 0.455. The van der Waals surface area contributed by atoms with Crippen molar-refractivity contribution in [3.05, 3.63) is 60.6 Å². The molecule has 21 heavy (non-hydrogen) atoms. The summed E-state index contributed by atoms with van der Waals surface area (Å²) in [5.74, 6) is 0. The van der Waals surface area contributed by atoms with E-state index in [1.165, 1.54) is 0 Å². The fourth-order valence-electron chi connectivity index (χ4n) is 1.81. The molecule has 2 heterocycles. The Morgan fingerprint density at radius 1 is 1.29 bits per heavy atom. The van der Waals surface area contributed by atoms with Crippen LogP contribution in [0.5, 0.6) is 0 Å². The monoisotopic (exact) mass is 420 g/mol. The molecule has 2 nitrogen and oxygen atoms in total. The van der Waals surface area contributed by atoms with Gasteiger partial charge in [-0.25, -0.2) is 0 Å². The maximum atomic E-state index is 9.36. The summed E-state index contributed by atoms with van der Waals surface area (Å²) in [5, 5.41) is 11.4. The zero-order valence-electron chi connectivity index (χ0n) is 10.8. The molecule has 3 rings (SSSR count). The number of aromatic nitrogens is 1. The molecule has 0 fully saturated rings. The van der Waals surface area contributed by atoms with Gasteiger partial charge < -0.3 is 0 Å². The van der Waals surface area contributed by atoms with Gasteiger partial charge in [0.2, 0.25) is 0 Å². The van der Waals surface area contributed by atoms with Crippen molar-refractivity contribution in [3.63, 3.8) is 0 Å². The number of benzene rings is 1. The van der Waals surface area contributed by atoms with Crippen LogP contribution in [0.2, 0.25) is 0 Å². The molecule has 0 radical (unpaired) electrons. The first-order chi connectivity index (χ1) is 10.3. The van der Waals surface area contributed by atoms with Gasteiger partial charge >= 0.3 is 142 Å². The standard InChI is InChI=1S/C16H9BrN2SSe/c17-13-5-3-11(4-6-13)15-10-21-16(19-15)12(9-18)8-14-2-1-7-20-14/h1-8,10H/b12-8+. The van der Waals surface area contributed by atoms with Gasteiger partial charge in [0.1, 0.15) is 0 Å². The first-order valence-electron chi connectivity index (χ1n) is 6.13. The first-order valence-corrected chi connectivity index (χ1v) is 9.65. The van der Waals surface area contributed by atoms with E-state index in [-0.39, 0.29) is 14.5 Å². The zero-order valence-corrected chi connectivity index (χ0v) is 14.9. The van der Waals surface area contributed by atoms with Crippen LogP contribution >= 0.6 is 27.3 Å². The molecule has 0 unspecified atom stereocenters. The Bertz CT molecular complexity index is 811. The van der Waals surface area contributed by atoms with Gasteiger partial charge in [-0.05, 0) is 0 Å². The number of hydrogen-bond acceptors (Lipinski definition) is 3. The molecule has 5 heteroatoms. The molecular formula is C16H9BrN2SSe. The third kappa shape index (κ3) is 3.42. The van der Waals surface area contributed by atoms with Crippen molar-refractivity contribution >= 4 is 53.4 Å². The Hall–Kier alpha value is -1.44. The van der Waals surface area contributed by atoms with Crippen molar-refractivity contribution in [2.24, 2.45) is 0 Å². The molecule has 102 valence electrons. The van der Waals surface area contributed by atoms with E-state index in [0.717, 1.165) is 25.2 Å². The molecule has 2 aromatic heterocycles. The van der Waals surface area contributed by atoms with Crippen LogP contribution in [0.4, 0.5) is 0 Å². The minimum atomic E-state index is 0.112. The molecule has 0 aliphatic carbocycles. The van der Waals surface area contributed by atoms with Gasteiger partial charge in [-0.1, -0.05) is 0 Å². The molecule has 1 aromatic carbocycles. The number of thiophene rings is 1. The fourth-order valence-corrected chi connectivity index (χ4v) is 4.40. The maximum absolute atomic E-state index is 9.36. The topological polar surface area (TPSA) is 36.7 Å². The average Bonchev–Trinajstić information content (AvgIpc) is 3.17. The van der Waals surface area contributed by atoms with Gasteiger partial charge in [0.05, 0.1) is 0 Å². The third-order valence-electron chi connectivity index (χ3n) is 2.82. The minimum absolute atomic E-state index is 0.112. The van der Waals surface area contributed by atoms with Crippen LogP contribution in [0.25, 0.3) is 22.9 Å². The van der Waals surface area contributed by atoms with Crippen LogP contribution in [0.1, 0.15) is 9.44 Å². The number of allylic oxidation sites excluding steroid dienone is 1. The summed E-state index contributed by atoms with van der Waals surface area (Å²) in [7, 11) is 0. The summed E-state index contributed by atoms with van der Waals surface area (Å²) in [6.07, 6.45) is 1.92. The van der Waals surface area contributed by atoms with Crippen molar-refractivity contribution < 1.29 is 0 Å². The van der Waals surface area contributed by atoms with Crippen molar-refractivity contribution in [2.45, 2.75) is 0 Å². The van der Waals surface area contributed by atoms with Gasteiger partial charge in [-0.2, -0.15) is 0 Å². The molecule has 0 saturated heterocycles. The van der Waals surface area contributed by atoms with E-state index < -0.39 is 0 Å². The summed E-state index contributed by atoms with van der Waals surface area (Å²) in [6.45, 7) is 0.